The minimum absolute atomic E-state index is 0.495. The zero-order valence-corrected chi connectivity index (χ0v) is 13.1. The van der Waals surface area contributed by atoms with Crippen molar-refractivity contribution in [3.63, 3.8) is 0 Å². The molecule has 0 bridgehead atoms. The van der Waals surface area contributed by atoms with E-state index in [4.69, 9.17) is 4.74 Å². The lowest BCUT2D eigenvalue weighted by Gasteiger charge is -2.28. The Bertz CT molecular complexity index is 626. The molecule has 4 rings (SSSR count). The molecule has 1 atom stereocenters. The Morgan fingerprint density at radius 2 is 1.59 bits per heavy atom. The summed E-state index contributed by atoms with van der Waals surface area (Å²) < 4.78 is 6.12. The molecule has 2 aliphatic rings. The molecule has 0 amide bonds. The van der Waals surface area contributed by atoms with Crippen molar-refractivity contribution in [1.82, 2.24) is 0 Å². The van der Waals surface area contributed by atoms with E-state index in [2.05, 4.69) is 48.5 Å². The van der Waals surface area contributed by atoms with Crippen LogP contribution >= 0.6 is 0 Å². The lowest BCUT2D eigenvalue weighted by molar-refractivity contribution is 0.262. The Morgan fingerprint density at radius 1 is 0.773 bits per heavy atom. The Kier molecular flexibility index (Phi) is 3.88. The van der Waals surface area contributed by atoms with E-state index in [-0.39, 0.29) is 0 Å². The molecule has 2 aromatic carbocycles. The Balaban J connectivity index is 1.54. The summed E-state index contributed by atoms with van der Waals surface area (Å²) in [6.45, 7) is 0.811. The average Bonchev–Trinajstić information content (AvgIpc) is 2.62. The summed E-state index contributed by atoms with van der Waals surface area (Å²) in [5, 5.41) is 0. The molecular formula is C21H24O. The molecule has 0 aromatic heterocycles. The predicted octanol–water partition coefficient (Wildman–Crippen LogP) is 5.45. The van der Waals surface area contributed by atoms with Crippen molar-refractivity contribution >= 4 is 0 Å². The van der Waals surface area contributed by atoms with E-state index >= 15 is 0 Å². The van der Waals surface area contributed by atoms with Crippen molar-refractivity contribution in [2.24, 2.45) is 0 Å². The average molecular weight is 292 g/mol. The van der Waals surface area contributed by atoms with Gasteiger partial charge in [-0.2, -0.15) is 0 Å². The van der Waals surface area contributed by atoms with Gasteiger partial charge in [0.25, 0.3) is 0 Å². The van der Waals surface area contributed by atoms with Crippen molar-refractivity contribution in [3.8, 4) is 5.75 Å². The van der Waals surface area contributed by atoms with Crippen molar-refractivity contribution in [3.05, 3.63) is 65.2 Å². The molecule has 0 saturated heterocycles. The van der Waals surface area contributed by atoms with Crippen molar-refractivity contribution in [2.45, 2.75) is 50.4 Å². The van der Waals surface area contributed by atoms with Gasteiger partial charge in [-0.3, -0.25) is 0 Å². The van der Waals surface area contributed by atoms with Crippen molar-refractivity contribution in [2.75, 3.05) is 6.61 Å². The van der Waals surface area contributed by atoms with Crippen LogP contribution in [0.25, 0.3) is 0 Å². The van der Waals surface area contributed by atoms with Gasteiger partial charge in [-0.15, -0.1) is 0 Å². The number of rotatable bonds is 2. The smallest absolute Gasteiger partial charge is 0.122 e. The summed E-state index contributed by atoms with van der Waals surface area (Å²) in [6.07, 6.45) is 8.00. The van der Waals surface area contributed by atoms with Crippen LogP contribution in [0.4, 0.5) is 0 Å². The second kappa shape index (κ2) is 6.16. The largest absolute Gasteiger partial charge is 0.493 e. The minimum Gasteiger partial charge on any atom is -0.493 e. The lowest BCUT2D eigenvalue weighted by atomic mass is 9.82. The highest BCUT2D eigenvalue weighted by atomic mass is 16.5. The molecule has 22 heavy (non-hydrogen) atoms. The molecule has 0 spiro atoms. The molecular weight excluding hydrogens is 268 g/mol. The van der Waals surface area contributed by atoms with Crippen molar-refractivity contribution in [1.29, 1.82) is 0 Å². The highest BCUT2D eigenvalue weighted by Gasteiger charge is 2.23. The second-order valence-corrected chi connectivity index (χ2v) is 6.82. The summed E-state index contributed by atoms with van der Waals surface area (Å²) in [4.78, 5) is 0. The number of hydrogen-bond acceptors (Lipinski definition) is 1. The van der Waals surface area contributed by atoms with Crippen molar-refractivity contribution < 1.29 is 4.74 Å². The van der Waals surface area contributed by atoms with Crippen LogP contribution < -0.4 is 4.74 Å². The highest BCUT2D eigenvalue weighted by Crippen LogP contribution is 2.38. The van der Waals surface area contributed by atoms with E-state index in [0.717, 1.165) is 24.7 Å². The molecule has 1 unspecified atom stereocenters. The number of fused-ring (bicyclic) bond motifs is 1. The fourth-order valence-electron chi connectivity index (χ4n) is 4.02. The molecule has 1 aliphatic carbocycles. The summed E-state index contributed by atoms with van der Waals surface area (Å²) in [5.41, 5.74) is 4.26. The predicted molar refractivity (Wildman–Crippen MR) is 90.7 cm³/mol. The molecule has 2 aromatic rings. The first-order valence-corrected chi connectivity index (χ1v) is 8.71. The minimum atomic E-state index is 0.495. The molecule has 0 radical (unpaired) electrons. The van der Waals surface area contributed by atoms with E-state index in [1.54, 1.807) is 0 Å². The Hall–Kier alpha value is -1.76. The van der Waals surface area contributed by atoms with E-state index in [0.29, 0.717) is 5.92 Å². The number of ether oxygens (including phenoxy) is 1. The molecule has 1 heterocycles. The zero-order chi connectivity index (χ0) is 14.8. The first-order valence-electron chi connectivity index (χ1n) is 8.71. The second-order valence-electron chi connectivity index (χ2n) is 6.82. The fraction of sp³-hybridized carbons (Fsp3) is 0.429. The van der Waals surface area contributed by atoms with Gasteiger partial charge >= 0.3 is 0 Å². The monoisotopic (exact) mass is 292 g/mol. The number of hydrogen-bond donors (Lipinski definition) is 0. The zero-order valence-electron chi connectivity index (χ0n) is 13.1. The first-order chi connectivity index (χ1) is 10.9. The van der Waals surface area contributed by atoms with E-state index in [1.807, 2.05) is 0 Å². The summed E-state index contributed by atoms with van der Waals surface area (Å²) in [6, 6.07) is 17.8. The third kappa shape index (κ3) is 2.77. The summed E-state index contributed by atoms with van der Waals surface area (Å²) in [7, 11) is 0. The molecule has 1 fully saturated rings. The quantitative estimate of drug-likeness (QED) is 0.715. The maximum Gasteiger partial charge on any atom is 0.122 e. The van der Waals surface area contributed by atoms with Crippen LogP contribution in [0.2, 0.25) is 0 Å². The fourth-order valence-corrected chi connectivity index (χ4v) is 4.02. The molecule has 1 saturated carbocycles. The van der Waals surface area contributed by atoms with Crippen LogP contribution in [-0.2, 0) is 6.42 Å². The van der Waals surface area contributed by atoms with Crippen LogP contribution in [0.15, 0.2) is 48.5 Å². The van der Waals surface area contributed by atoms with Crippen LogP contribution in [0, 0.1) is 0 Å². The topological polar surface area (TPSA) is 9.23 Å². The molecule has 0 N–H and O–H groups in total. The van der Waals surface area contributed by atoms with Gasteiger partial charge in [0.1, 0.15) is 5.75 Å². The molecule has 1 aliphatic heterocycles. The van der Waals surface area contributed by atoms with Gasteiger partial charge in [0.2, 0.25) is 0 Å². The first kappa shape index (κ1) is 13.9. The Labute approximate surface area is 133 Å². The van der Waals surface area contributed by atoms with E-state index < -0.39 is 0 Å². The molecule has 1 nitrogen and oxygen atoms in total. The SMILES string of the molecule is c1ccc(C2COc3cc(C4CCCCC4)ccc3C2)cc1. The lowest BCUT2D eigenvalue weighted by Crippen LogP contribution is -2.19. The van der Waals surface area contributed by atoms with Crippen LogP contribution in [-0.4, -0.2) is 6.61 Å². The van der Waals surface area contributed by atoms with Gasteiger partial charge in [0.05, 0.1) is 6.61 Å². The maximum atomic E-state index is 6.12. The molecule has 114 valence electrons. The summed E-state index contributed by atoms with van der Waals surface area (Å²) in [5.74, 6) is 2.39. The summed E-state index contributed by atoms with van der Waals surface area (Å²) >= 11 is 0. The van der Waals surface area contributed by atoms with Gasteiger partial charge in [-0.05, 0) is 47.9 Å². The van der Waals surface area contributed by atoms with Gasteiger partial charge in [-0.1, -0.05) is 61.7 Å². The van der Waals surface area contributed by atoms with E-state index in [1.165, 1.54) is 48.8 Å². The van der Waals surface area contributed by atoms with Crippen LogP contribution in [0.5, 0.6) is 5.75 Å². The normalized spacial score (nSPS) is 21.9. The third-order valence-electron chi connectivity index (χ3n) is 5.35. The van der Waals surface area contributed by atoms with Gasteiger partial charge in [0, 0.05) is 5.92 Å². The van der Waals surface area contributed by atoms with Crippen LogP contribution in [0.3, 0.4) is 0 Å². The third-order valence-corrected chi connectivity index (χ3v) is 5.35. The highest BCUT2D eigenvalue weighted by molar-refractivity contribution is 5.42. The van der Waals surface area contributed by atoms with Gasteiger partial charge < -0.3 is 4.74 Å². The van der Waals surface area contributed by atoms with Gasteiger partial charge in [0.15, 0.2) is 0 Å². The Morgan fingerprint density at radius 3 is 2.41 bits per heavy atom. The number of benzene rings is 2. The van der Waals surface area contributed by atoms with E-state index in [9.17, 15) is 0 Å². The molecule has 1 heteroatoms. The maximum absolute atomic E-state index is 6.12. The standard InChI is InChI=1S/C21H24O/c1-3-7-16(8-4-1)18-11-12-19-13-20(15-22-21(19)14-18)17-9-5-2-6-10-17/h2,5-6,9-12,14,16,20H,1,3-4,7-8,13,15H2. The van der Waals surface area contributed by atoms with Gasteiger partial charge in [-0.25, -0.2) is 0 Å². The van der Waals surface area contributed by atoms with Crippen LogP contribution in [0.1, 0.15) is 60.6 Å².